The maximum absolute atomic E-state index is 12.2. The van der Waals surface area contributed by atoms with Gasteiger partial charge in [-0.15, -0.1) is 11.3 Å². The van der Waals surface area contributed by atoms with Gasteiger partial charge in [-0.05, 0) is 24.3 Å². The Hall–Kier alpha value is -2.24. The third-order valence-electron chi connectivity index (χ3n) is 2.97. The molecule has 3 aromatic rings. The van der Waals surface area contributed by atoms with E-state index in [1.807, 2.05) is 30.3 Å². The van der Waals surface area contributed by atoms with Crippen LogP contribution >= 0.6 is 11.3 Å². The lowest BCUT2D eigenvalue weighted by molar-refractivity contribution is 0.102. The lowest BCUT2D eigenvalue weighted by atomic mass is 10.2. The van der Waals surface area contributed by atoms with Crippen LogP contribution < -0.4 is 11.1 Å². The van der Waals surface area contributed by atoms with Crippen LogP contribution in [-0.4, -0.2) is 10.9 Å². The Morgan fingerprint density at radius 2 is 2.05 bits per heavy atom. The van der Waals surface area contributed by atoms with Gasteiger partial charge < -0.3 is 11.1 Å². The molecule has 4 nitrogen and oxygen atoms in total. The van der Waals surface area contributed by atoms with Gasteiger partial charge in [-0.1, -0.05) is 18.2 Å². The Morgan fingerprint density at radius 3 is 2.80 bits per heavy atom. The molecule has 0 unspecified atom stereocenters. The lowest BCUT2D eigenvalue weighted by Gasteiger charge is -2.05. The van der Waals surface area contributed by atoms with E-state index in [2.05, 4.69) is 10.3 Å². The van der Waals surface area contributed by atoms with E-state index < -0.39 is 0 Å². The van der Waals surface area contributed by atoms with Gasteiger partial charge in [-0.25, -0.2) is 4.98 Å². The van der Waals surface area contributed by atoms with Crippen molar-refractivity contribution in [2.75, 3.05) is 5.32 Å². The molecule has 2 heterocycles. The average Bonchev–Trinajstić information content (AvgIpc) is 2.92. The Kier molecular flexibility index (Phi) is 3.45. The zero-order chi connectivity index (χ0) is 13.9. The first-order valence-corrected chi connectivity index (χ1v) is 7.03. The number of amides is 1. The van der Waals surface area contributed by atoms with Crippen molar-refractivity contribution in [3.05, 3.63) is 59.1 Å². The van der Waals surface area contributed by atoms with Crippen molar-refractivity contribution in [3.63, 3.8) is 0 Å². The van der Waals surface area contributed by atoms with Gasteiger partial charge in [0.25, 0.3) is 5.91 Å². The summed E-state index contributed by atoms with van der Waals surface area (Å²) in [6, 6.07) is 13.0. The van der Waals surface area contributed by atoms with E-state index in [9.17, 15) is 4.79 Å². The Labute approximate surface area is 120 Å². The summed E-state index contributed by atoms with van der Waals surface area (Å²) in [7, 11) is 0. The fraction of sp³-hybridized carbons (Fsp3) is 0.0667. The number of nitrogens with two attached hydrogens (primary N) is 1. The second-order valence-electron chi connectivity index (χ2n) is 4.31. The van der Waals surface area contributed by atoms with Crippen molar-refractivity contribution in [1.82, 2.24) is 4.98 Å². The second kappa shape index (κ2) is 5.40. The highest BCUT2D eigenvalue weighted by molar-refractivity contribution is 7.19. The fourth-order valence-corrected chi connectivity index (χ4v) is 2.92. The summed E-state index contributed by atoms with van der Waals surface area (Å²) in [5, 5.41) is 3.79. The quantitative estimate of drug-likeness (QED) is 0.776. The molecular formula is C15H13N3OS. The van der Waals surface area contributed by atoms with Crippen LogP contribution in [0.5, 0.6) is 0 Å². The van der Waals surface area contributed by atoms with Gasteiger partial charge in [-0.2, -0.15) is 0 Å². The number of thiophene rings is 1. The van der Waals surface area contributed by atoms with Gasteiger partial charge in [-0.3, -0.25) is 4.79 Å². The molecule has 0 bridgehead atoms. The molecule has 0 radical (unpaired) electrons. The number of aromatic nitrogens is 1. The summed E-state index contributed by atoms with van der Waals surface area (Å²) in [5.41, 5.74) is 6.27. The SMILES string of the molecule is NCc1cc2c(NC(=O)c3ccccc3)nccc2s1. The van der Waals surface area contributed by atoms with Crippen molar-refractivity contribution in [1.29, 1.82) is 0 Å². The molecule has 3 N–H and O–H groups in total. The number of carbonyl (C=O) groups excluding carboxylic acids is 1. The van der Waals surface area contributed by atoms with Crippen LogP contribution in [0.1, 0.15) is 15.2 Å². The number of anilines is 1. The number of hydrogen-bond donors (Lipinski definition) is 2. The van der Waals surface area contributed by atoms with Gasteiger partial charge in [0, 0.05) is 33.3 Å². The first-order chi connectivity index (χ1) is 9.78. The molecule has 1 aromatic carbocycles. The maximum Gasteiger partial charge on any atom is 0.256 e. The van der Waals surface area contributed by atoms with Crippen molar-refractivity contribution in [3.8, 4) is 0 Å². The summed E-state index contributed by atoms with van der Waals surface area (Å²) in [6.45, 7) is 0.491. The molecule has 2 aromatic heterocycles. The van der Waals surface area contributed by atoms with Crippen LogP contribution in [0.3, 0.4) is 0 Å². The monoisotopic (exact) mass is 283 g/mol. The van der Waals surface area contributed by atoms with Crippen molar-refractivity contribution < 1.29 is 4.79 Å². The van der Waals surface area contributed by atoms with Crippen LogP contribution in [0, 0.1) is 0 Å². The maximum atomic E-state index is 12.2. The molecule has 1 amide bonds. The average molecular weight is 283 g/mol. The number of pyridine rings is 1. The Morgan fingerprint density at radius 1 is 1.25 bits per heavy atom. The first kappa shape index (κ1) is 12.8. The third kappa shape index (κ3) is 2.41. The highest BCUT2D eigenvalue weighted by Gasteiger charge is 2.11. The van der Waals surface area contributed by atoms with Crippen molar-refractivity contribution in [2.24, 2.45) is 5.73 Å². The van der Waals surface area contributed by atoms with Gasteiger partial charge in [0.15, 0.2) is 0 Å². The predicted octanol–water partition coefficient (Wildman–Crippen LogP) is 3.01. The number of rotatable bonds is 3. The smallest absolute Gasteiger partial charge is 0.256 e. The normalized spacial score (nSPS) is 10.7. The summed E-state index contributed by atoms with van der Waals surface area (Å²) < 4.78 is 1.07. The minimum Gasteiger partial charge on any atom is -0.326 e. The molecular weight excluding hydrogens is 270 g/mol. The summed E-state index contributed by atoms with van der Waals surface area (Å²) in [6.07, 6.45) is 1.69. The number of carbonyl (C=O) groups is 1. The molecule has 0 aliphatic rings. The van der Waals surface area contributed by atoms with Crippen molar-refractivity contribution >= 4 is 33.1 Å². The molecule has 0 saturated heterocycles. The van der Waals surface area contributed by atoms with E-state index >= 15 is 0 Å². The summed E-state index contributed by atoms with van der Waals surface area (Å²) in [4.78, 5) is 17.5. The zero-order valence-corrected chi connectivity index (χ0v) is 11.5. The number of hydrogen-bond acceptors (Lipinski definition) is 4. The lowest BCUT2D eigenvalue weighted by Crippen LogP contribution is -2.12. The highest BCUT2D eigenvalue weighted by atomic mass is 32.1. The molecule has 0 aliphatic carbocycles. The molecule has 0 fully saturated rings. The van der Waals surface area contributed by atoms with E-state index in [1.165, 1.54) is 0 Å². The van der Waals surface area contributed by atoms with Gasteiger partial charge in [0.1, 0.15) is 5.82 Å². The molecule has 0 spiro atoms. The van der Waals surface area contributed by atoms with E-state index in [0.29, 0.717) is 17.9 Å². The topological polar surface area (TPSA) is 68.0 Å². The molecule has 20 heavy (non-hydrogen) atoms. The largest absolute Gasteiger partial charge is 0.326 e. The molecule has 3 rings (SSSR count). The fourth-order valence-electron chi connectivity index (χ4n) is 1.99. The second-order valence-corrected chi connectivity index (χ2v) is 5.48. The minimum absolute atomic E-state index is 0.161. The van der Waals surface area contributed by atoms with Gasteiger partial charge in [0.05, 0.1) is 0 Å². The third-order valence-corrected chi connectivity index (χ3v) is 4.09. The van der Waals surface area contributed by atoms with Crippen LogP contribution in [0.15, 0.2) is 48.7 Å². The van der Waals surface area contributed by atoms with Crippen molar-refractivity contribution in [2.45, 2.75) is 6.54 Å². The Bertz CT molecular complexity index is 752. The molecule has 0 aliphatic heterocycles. The molecule has 5 heteroatoms. The van der Waals surface area contributed by atoms with E-state index in [0.717, 1.165) is 15.0 Å². The molecule has 0 saturated carbocycles. The number of benzene rings is 1. The molecule has 0 atom stereocenters. The number of nitrogens with zero attached hydrogens (tertiary/aromatic N) is 1. The summed E-state index contributed by atoms with van der Waals surface area (Å²) >= 11 is 1.62. The summed E-state index contributed by atoms with van der Waals surface area (Å²) in [5.74, 6) is 0.415. The van der Waals surface area contributed by atoms with E-state index in [-0.39, 0.29) is 5.91 Å². The van der Waals surface area contributed by atoms with Crippen LogP contribution in [0.2, 0.25) is 0 Å². The van der Waals surface area contributed by atoms with E-state index in [1.54, 1.807) is 29.7 Å². The first-order valence-electron chi connectivity index (χ1n) is 6.22. The van der Waals surface area contributed by atoms with E-state index in [4.69, 9.17) is 5.73 Å². The molecule has 100 valence electrons. The minimum atomic E-state index is -0.161. The highest BCUT2D eigenvalue weighted by Crippen LogP contribution is 2.29. The number of fused-ring (bicyclic) bond motifs is 1. The van der Waals surface area contributed by atoms with Crippen LogP contribution in [0.4, 0.5) is 5.82 Å². The number of nitrogens with one attached hydrogen (secondary N) is 1. The standard InChI is InChI=1S/C15H13N3OS/c16-9-11-8-12-13(20-11)6-7-17-14(12)18-15(19)10-4-2-1-3-5-10/h1-8H,9,16H2,(H,17,18,19). The van der Waals surface area contributed by atoms with Crippen LogP contribution in [-0.2, 0) is 6.54 Å². The zero-order valence-electron chi connectivity index (χ0n) is 10.7. The van der Waals surface area contributed by atoms with Gasteiger partial charge in [0.2, 0.25) is 0 Å². The van der Waals surface area contributed by atoms with Gasteiger partial charge >= 0.3 is 0 Å². The predicted molar refractivity (Wildman–Crippen MR) is 81.9 cm³/mol. The van der Waals surface area contributed by atoms with Crippen LogP contribution in [0.25, 0.3) is 10.1 Å². The Balaban J connectivity index is 1.95.